The SMILES string of the molecule is Cn1cc(CCCC=O)c2ccccc21. The van der Waals surface area contributed by atoms with Crippen LogP contribution in [0, 0.1) is 0 Å². The maximum Gasteiger partial charge on any atom is 0.120 e. The molecular weight excluding hydrogens is 186 g/mol. The number of benzene rings is 1. The van der Waals surface area contributed by atoms with Gasteiger partial charge in [-0.3, -0.25) is 0 Å². The maximum atomic E-state index is 10.3. The van der Waals surface area contributed by atoms with Crippen molar-refractivity contribution in [3.63, 3.8) is 0 Å². The van der Waals surface area contributed by atoms with Crippen molar-refractivity contribution in [2.24, 2.45) is 7.05 Å². The Morgan fingerprint density at radius 1 is 1.33 bits per heavy atom. The zero-order valence-corrected chi connectivity index (χ0v) is 8.94. The minimum absolute atomic E-state index is 0.656. The molecule has 78 valence electrons. The molecule has 0 amide bonds. The number of aldehydes is 1. The summed E-state index contributed by atoms with van der Waals surface area (Å²) in [5.41, 5.74) is 2.61. The summed E-state index contributed by atoms with van der Waals surface area (Å²) < 4.78 is 2.14. The van der Waals surface area contributed by atoms with E-state index in [4.69, 9.17) is 0 Å². The Morgan fingerprint density at radius 3 is 2.93 bits per heavy atom. The third-order valence-electron chi connectivity index (χ3n) is 2.75. The number of unbranched alkanes of at least 4 members (excludes halogenated alkanes) is 1. The van der Waals surface area contributed by atoms with E-state index in [0.29, 0.717) is 6.42 Å². The highest BCUT2D eigenvalue weighted by atomic mass is 16.1. The van der Waals surface area contributed by atoms with Crippen molar-refractivity contribution < 1.29 is 4.79 Å². The molecule has 0 saturated carbocycles. The number of hydrogen-bond donors (Lipinski definition) is 0. The van der Waals surface area contributed by atoms with Gasteiger partial charge in [0.2, 0.25) is 0 Å². The van der Waals surface area contributed by atoms with Gasteiger partial charge in [-0.1, -0.05) is 18.2 Å². The van der Waals surface area contributed by atoms with Crippen LogP contribution in [-0.4, -0.2) is 10.9 Å². The first-order valence-corrected chi connectivity index (χ1v) is 5.29. The minimum Gasteiger partial charge on any atom is -0.350 e. The van der Waals surface area contributed by atoms with E-state index in [9.17, 15) is 4.79 Å². The molecule has 1 heterocycles. The van der Waals surface area contributed by atoms with Crippen LogP contribution in [-0.2, 0) is 18.3 Å². The average molecular weight is 201 g/mol. The van der Waals surface area contributed by atoms with Crippen molar-refractivity contribution in [1.82, 2.24) is 4.57 Å². The molecule has 1 aromatic carbocycles. The number of nitrogens with zero attached hydrogens (tertiary/aromatic N) is 1. The molecule has 0 spiro atoms. The maximum absolute atomic E-state index is 10.3. The van der Waals surface area contributed by atoms with Crippen LogP contribution in [0.3, 0.4) is 0 Å². The number of fused-ring (bicyclic) bond motifs is 1. The second-order valence-corrected chi connectivity index (χ2v) is 3.84. The first-order valence-electron chi connectivity index (χ1n) is 5.29. The van der Waals surface area contributed by atoms with Crippen LogP contribution in [0.4, 0.5) is 0 Å². The molecule has 0 atom stereocenters. The number of carbonyl (C=O) groups excluding carboxylic acids is 1. The molecular formula is C13H15NO. The molecule has 1 aromatic heterocycles. The van der Waals surface area contributed by atoms with Crippen LogP contribution in [0.2, 0.25) is 0 Å². The molecule has 0 radical (unpaired) electrons. The lowest BCUT2D eigenvalue weighted by Gasteiger charge is -1.95. The number of aromatic nitrogens is 1. The average Bonchev–Trinajstić information content (AvgIpc) is 2.58. The van der Waals surface area contributed by atoms with E-state index in [1.807, 2.05) is 0 Å². The second kappa shape index (κ2) is 4.30. The summed E-state index contributed by atoms with van der Waals surface area (Å²) in [5, 5.41) is 1.31. The Balaban J connectivity index is 2.31. The molecule has 0 saturated heterocycles. The fraction of sp³-hybridized carbons (Fsp3) is 0.308. The van der Waals surface area contributed by atoms with E-state index >= 15 is 0 Å². The smallest absolute Gasteiger partial charge is 0.120 e. The van der Waals surface area contributed by atoms with Gasteiger partial charge in [0.05, 0.1) is 0 Å². The van der Waals surface area contributed by atoms with Gasteiger partial charge in [0.1, 0.15) is 6.29 Å². The molecule has 0 fully saturated rings. The molecule has 2 nitrogen and oxygen atoms in total. The van der Waals surface area contributed by atoms with Gasteiger partial charge >= 0.3 is 0 Å². The Kier molecular flexibility index (Phi) is 2.86. The number of para-hydroxylation sites is 1. The molecule has 0 aliphatic rings. The third kappa shape index (κ3) is 1.94. The van der Waals surface area contributed by atoms with Gasteiger partial charge in [-0.05, 0) is 24.5 Å². The van der Waals surface area contributed by atoms with E-state index in [-0.39, 0.29) is 0 Å². The lowest BCUT2D eigenvalue weighted by atomic mass is 10.1. The van der Waals surface area contributed by atoms with Gasteiger partial charge in [-0.2, -0.15) is 0 Å². The Labute approximate surface area is 89.5 Å². The van der Waals surface area contributed by atoms with Crippen molar-refractivity contribution >= 4 is 17.2 Å². The molecule has 0 unspecified atom stereocenters. The van der Waals surface area contributed by atoms with Crippen molar-refractivity contribution in [1.29, 1.82) is 0 Å². The standard InChI is InChI=1S/C13H15NO/c1-14-10-11(6-4-5-9-15)12-7-2-3-8-13(12)14/h2-3,7-10H,4-6H2,1H3. The fourth-order valence-electron chi connectivity index (χ4n) is 2.00. The number of aryl methyl sites for hydroxylation is 2. The summed E-state index contributed by atoms with van der Waals surface area (Å²) in [7, 11) is 2.06. The highest BCUT2D eigenvalue weighted by Gasteiger charge is 2.04. The molecule has 0 N–H and O–H groups in total. The number of hydrogen-bond acceptors (Lipinski definition) is 1. The predicted octanol–water partition coefficient (Wildman–Crippen LogP) is 2.70. The lowest BCUT2D eigenvalue weighted by Crippen LogP contribution is -1.85. The molecule has 15 heavy (non-hydrogen) atoms. The topological polar surface area (TPSA) is 22.0 Å². The number of rotatable bonds is 4. The van der Waals surface area contributed by atoms with E-state index < -0.39 is 0 Å². The fourth-order valence-corrected chi connectivity index (χ4v) is 2.00. The van der Waals surface area contributed by atoms with Crippen LogP contribution < -0.4 is 0 Å². The van der Waals surface area contributed by atoms with Gasteiger partial charge in [0, 0.05) is 30.6 Å². The van der Waals surface area contributed by atoms with Crippen molar-refractivity contribution in [3.8, 4) is 0 Å². The first kappa shape index (κ1) is 9.97. The van der Waals surface area contributed by atoms with E-state index in [2.05, 4.69) is 42.1 Å². The van der Waals surface area contributed by atoms with Gasteiger partial charge < -0.3 is 9.36 Å². The molecule has 2 heteroatoms. The van der Waals surface area contributed by atoms with Gasteiger partial charge in [0.15, 0.2) is 0 Å². The molecule has 2 rings (SSSR count). The monoisotopic (exact) mass is 201 g/mol. The van der Waals surface area contributed by atoms with Crippen molar-refractivity contribution in [2.45, 2.75) is 19.3 Å². The van der Waals surface area contributed by atoms with E-state index in [1.165, 1.54) is 16.5 Å². The summed E-state index contributed by atoms with van der Waals surface area (Å²) in [6.07, 6.45) is 5.74. The van der Waals surface area contributed by atoms with Crippen LogP contribution >= 0.6 is 0 Å². The Hall–Kier alpha value is -1.57. The van der Waals surface area contributed by atoms with Crippen molar-refractivity contribution in [3.05, 3.63) is 36.0 Å². The van der Waals surface area contributed by atoms with Gasteiger partial charge in [-0.25, -0.2) is 0 Å². The first-order chi connectivity index (χ1) is 7.33. The van der Waals surface area contributed by atoms with Crippen LogP contribution in [0.15, 0.2) is 30.5 Å². The normalized spacial score (nSPS) is 10.7. The van der Waals surface area contributed by atoms with Crippen molar-refractivity contribution in [2.75, 3.05) is 0 Å². The molecule has 0 aliphatic carbocycles. The van der Waals surface area contributed by atoms with Gasteiger partial charge in [-0.15, -0.1) is 0 Å². The molecule has 2 aromatic rings. The summed E-state index contributed by atoms with van der Waals surface area (Å²) in [4.78, 5) is 10.3. The Morgan fingerprint density at radius 2 is 2.13 bits per heavy atom. The minimum atomic E-state index is 0.656. The van der Waals surface area contributed by atoms with Crippen LogP contribution in [0.1, 0.15) is 18.4 Å². The van der Waals surface area contributed by atoms with E-state index in [0.717, 1.165) is 19.1 Å². The predicted molar refractivity (Wildman–Crippen MR) is 61.9 cm³/mol. The summed E-state index contributed by atoms with van der Waals surface area (Å²) in [5.74, 6) is 0. The third-order valence-corrected chi connectivity index (χ3v) is 2.75. The molecule has 0 aliphatic heterocycles. The zero-order valence-electron chi connectivity index (χ0n) is 8.94. The van der Waals surface area contributed by atoms with Crippen LogP contribution in [0.5, 0.6) is 0 Å². The number of carbonyl (C=O) groups is 1. The lowest BCUT2D eigenvalue weighted by molar-refractivity contribution is -0.107. The zero-order chi connectivity index (χ0) is 10.7. The van der Waals surface area contributed by atoms with Crippen LogP contribution in [0.25, 0.3) is 10.9 Å². The Bertz CT molecular complexity index is 470. The summed E-state index contributed by atoms with van der Waals surface area (Å²) in [6, 6.07) is 8.38. The van der Waals surface area contributed by atoms with E-state index in [1.54, 1.807) is 0 Å². The summed E-state index contributed by atoms with van der Waals surface area (Å²) in [6.45, 7) is 0. The highest BCUT2D eigenvalue weighted by Crippen LogP contribution is 2.21. The highest BCUT2D eigenvalue weighted by molar-refractivity contribution is 5.83. The summed E-state index contributed by atoms with van der Waals surface area (Å²) >= 11 is 0. The van der Waals surface area contributed by atoms with Gasteiger partial charge in [0.25, 0.3) is 0 Å². The quantitative estimate of drug-likeness (QED) is 0.550. The molecule has 0 bridgehead atoms. The largest absolute Gasteiger partial charge is 0.350 e. The second-order valence-electron chi connectivity index (χ2n) is 3.84.